The summed E-state index contributed by atoms with van der Waals surface area (Å²) in [5, 5.41) is 2.88. The molecule has 1 amide bonds. The zero-order valence-corrected chi connectivity index (χ0v) is 9.37. The van der Waals surface area contributed by atoms with Crippen LogP contribution in [0.2, 0.25) is 0 Å². The minimum Gasteiger partial charge on any atom is -0.382 e. The average Bonchev–Trinajstić information content (AvgIpc) is 2.47. The van der Waals surface area contributed by atoms with Crippen LogP contribution >= 0.6 is 15.9 Å². The van der Waals surface area contributed by atoms with Crippen molar-refractivity contribution in [2.75, 3.05) is 13.7 Å². The van der Waals surface area contributed by atoms with Gasteiger partial charge in [0.05, 0.1) is 12.6 Å². The van der Waals surface area contributed by atoms with Crippen molar-refractivity contribution in [3.8, 4) is 0 Å². The van der Waals surface area contributed by atoms with Crippen molar-refractivity contribution in [3.05, 3.63) is 22.4 Å². The number of rotatable bonds is 2. The maximum Gasteiger partial charge on any atom is 0.268 e. The van der Waals surface area contributed by atoms with Crippen LogP contribution < -0.4 is 5.32 Å². The Hall–Kier alpha value is -0.810. The molecule has 0 bridgehead atoms. The summed E-state index contributed by atoms with van der Waals surface area (Å²) in [7, 11) is 1.63. The molecule has 0 radical (unpaired) electrons. The summed E-state index contributed by atoms with van der Waals surface area (Å²) in [5.41, 5.74) is 0.698. The van der Waals surface area contributed by atoms with Crippen LogP contribution in [-0.4, -0.2) is 30.2 Å². The molecule has 2 rings (SSSR count). The standard InChI is InChI=1S/C9H11BrN2O2/c1-14-5-7-4-12-3-6(10)2-8(12)9(13)11-7/h2-3,7H,4-5H2,1H3,(H,11,13)/t7-/m1/s1. The predicted octanol–water partition coefficient (Wildman–Crippen LogP) is 1.01. The van der Waals surface area contributed by atoms with Crippen molar-refractivity contribution < 1.29 is 9.53 Å². The minimum atomic E-state index is -0.0380. The van der Waals surface area contributed by atoms with Gasteiger partial charge in [-0.1, -0.05) is 0 Å². The van der Waals surface area contributed by atoms with Gasteiger partial charge in [-0.05, 0) is 22.0 Å². The van der Waals surface area contributed by atoms with E-state index in [0.29, 0.717) is 12.3 Å². The third-order valence-corrected chi connectivity index (χ3v) is 2.65. The first-order valence-corrected chi connectivity index (χ1v) is 5.15. The van der Waals surface area contributed by atoms with Crippen molar-refractivity contribution >= 4 is 21.8 Å². The van der Waals surface area contributed by atoms with E-state index in [0.717, 1.165) is 11.0 Å². The molecular weight excluding hydrogens is 248 g/mol. The van der Waals surface area contributed by atoms with E-state index in [1.54, 1.807) is 7.11 Å². The Morgan fingerprint density at radius 3 is 3.29 bits per heavy atom. The average molecular weight is 259 g/mol. The number of carbonyl (C=O) groups excluding carboxylic acids is 1. The van der Waals surface area contributed by atoms with Gasteiger partial charge >= 0.3 is 0 Å². The van der Waals surface area contributed by atoms with Gasteiger partial charge < -0.3 is 14.6 Å². The first-order chi connectivity index (χ1) is 6.70. The Kier molecular flexibility index (Phi) is 2.60. The van der Waals surface area contributed by atoms with Gasteiger partial charge in [0, 0.05) is 24.3 Å². The van der Waals surface area contributed by atoms with E-state index in [2.05, 4.69) is 21.2 Å². The van der Waals surface area contributed by atoms with Crippen LogP contribution in [0.15, 0.2) is 16.7 Å². The predicted molar refractivity (Wildman–Crippen MR) is 55.3 cm³/mol. The largest absolute Gasteiger partial charge is 0.382 e. The first-order valence-electron chi connectivity index (χ1n) is 4.36. The van der Waals surface area contributed by atoms with Crippen molar-refractivity contribution in [1.82, 2.24) is 9.88 Å². The fourth-order valence-corrected chi connectivity index (χ4v) is 2.12. The summed E-state index contributed by atoms with van der Waals surface area (Å²) in [5.74, 6) is -0.0380. The van der Waals surface area contributed by atoms with E-state index in [4.69, 9.17) is 4.74 Å². The van der Waals surface area contributed by atoms with Crippen molar-refractivity contribution in [2.45, 2.75) is 12.6 Å². The van der Waals surface area contributed by atoms with E-state index in [1.165, 1.54) is 0 Å². The number of halogens is 1. The molecular formula is C9H11BrN2O2. The van der Waals surface area contributed by atoms with Gasteiger partial charge in [-0.25, -0.2) is 0 Å². The maximum absolute atomic E-state index is 11.6. The second kappa shape index (κ2) is 3.74. The van der Waals surface area contributed by atoms with Crippen LogP contribution in [0.5, 0.6) is 0 Å². The number of hydrogen-bond donors (Lipinski definition) is 1. The van der Waals surface area contributed by atoms with Gasteiger partial charge in [-0.15, -0.1) is 0 Å². The van der Waals surface area contributed by atoms with Gasteiger partial charge in [-0.2, -0.15) is 0 Å². The molecule has 1 aromatic heterocycles. The molecule has 1 N–H and O–H groups in total. The van der Waals surface area contributed by atoms with Crippen LogP contribution in [0.25, 0.3) is 0 Å². The third kappa shape index (κ3) is 1.69. The zero-order valence-electron chi connectivity index (χ0n) is 7.79. The summed E-state index contributed by atoms with van der Waals surface area (Å²) in [4.78, 5) is 11.6. The molecule has 0 saturated heterocycles. The molecule has 1 aliphatic heterocycles. The molecule has 76 valence electrons. The number of aromatic nitrogens is 1. The molecule has 14 heavy (non-hydrogen) atoms. The lowest BCUT2D eigenvalue weighted by Crippen LogP contribution is -2.46. The number of carbonyl (C=O) groups is 1. The molecule has 2 heterocycles. The second-order valence-corrected chi connectivity index (χ2v) is 4.24. The van der Waals surface area contributed by atoms with Crippen molar-refractivity contribution in [1.29, 1.82) is 0 Å². The maximum atomic E-state index is 11.6. The van der Waals surface area contributed by atoms with E-state index in [1.807, 2.05) is 16.8 Å². The molecule has 1 aromatic rings. The van der Waals surface area contributed by atoms with Gasteiger partial charge in [0.15, 0.2) is 0 Å². The Morgan fingerprint density at radius 1 is 1.79 bits per heavy atom. The summed E-state index contributed by atoms with van der Waals surface area (Å²) in [6.45, 7) is 1.31. The van der Waals surface area contributed by atoms with Gasteiger partial charge in [-0.3, -0.25) is 4.79 Å². The lowest BCUT2D eigenvalue weighted by atomic mass is 10.2. The molecule has 1 aliphatic rings. The highest BCUT2D eigenvalue weighted by Gasteiger charge is 2.24. The number of hydrogen-bond acceptors (Lipinski definition) is 2. The molecule has 0 saturated carbocycles. The highest BCUT2D eigenvalue weighted by Crippen LogP contribution is 2.18. The summed E-state index contributed by atoms with van der Waals surface area (Å²) >= 11 is 3.35. The Morgan fingerprint density at radius 2 is 2.57 bits per heavy atom. The van der Waals surface area contributed by atoms with Crippen molar-refractivity contribution in [3.63, 3.8) is 0 Å². The molecule has 0 spiro atoms. The smallest absolute Gasteiger partial charge is 0.268 e. The lowest BCUT2D eigenvalue weighted by Gasteiger charge is -2.24. The number of ether oxygens (including phenoxy) is 1. The first kappa shape index (κ1) is 9.73. The van der Waals surface area contributed by atoms with Crippen LogP contribution in [0.3, 0.4) is 0 Å². The second-order valence-electron chi connectivity index (χ2n) is 3.32. The molecule has 4 nitrogen and oxygen atoms in total. The highest BCUT2D eigenvalue weighted by molar-refractivity contribution is 9.10. The highest BCUT2D eigenvalue weighted by atomic mass is 79.9. The number of nitrogens with zero attached hydrogens (tertiary/aromatic N) is 1. The number of methoxy groups -OCH3 is 1. The van der Waals surface area contributed by atoms with Crippen LogP contribution in [0, 0.1) is 0 Å². The monoisotopic (exact) mass is 258 g/mol. The minimum absolute atomic E-state index is 0.0380. The Labute approximate surface area is 90.4 Å². The van der Waals surface area contributed by atoms with E-state index < -0.39 is 0 Å². The molecule has 0 unspecified atom stereocenters. The SMILES string of the molecule is COC[C@H]1Cn2cc(Br)cc2C(=O)N1. The zero-order chi connectivity index (χ0) is 10.1. The number of fused-ring (bicyclic) bond motifs is 1. The summed E-state index contributed by atoms with van der Waals surface area (Å²) < 4.78 is 7.88. The summed E-state index contributed by atoms with van der Waals surface area (Å²) in [6.07, 6.45) is 1.91. The molecule has 5 heteroatoms. The van der Waals surface area contributed by atoms with Crippen LogP contribution in [0.1, 0.15) is 10.5 Å². The van der Waals surface area contributed by atoms with Crippen LogP contribution in [-0.2, 0) is 11.3 Å². The van der Waals surface area contributed by atoms with Gasteiger partial charge in [0.2, 0.25) is 0 Å². The molecule has 1 atom stereocenters. The normalized spacial score (nSPS) is 20.4. The van der Waals surface area contributed by atoms with Crippen LogP contribution in [0.4, 0.5) is 0 Å². The number of amides is 1. The third-order valence-electron chi connectivity index (χ3n) is 2.22. The fraction of sp³-hybridized carbons (Fsp3) is 0.444. The van der Waals surface area contributed by atoms with E-state index in [9.17, 15) is 4.79 Å². The molecule has 0 aromatic carbocycles. The fourth-order valence-electron chi connectivity index (χ4n) is 1.65. The van der Waals surface area contributed by atoms with Gasteiger partial charge in [0.25, 0.3) is 5.91 Å². The van der Waals surface area contributed by atoms with Gasteiger partial charge in [0.1, 0.15) is 5.69 Å². The van der Waals surface area contributed by atoms with E-state index in [-0.39, 0.29) is 11.9 Å². The molecule has 0 fully saturated rings. The number of nitrogens with one attached hydrogen (secondary N) is 1. The Balaban J connectivity index is 2.24. The van der Waals surface area contributed by atoms with E-state index >= 15 is 0 Å². The van der Waals surface area contributed by atoms with Crippen molar-refractivity contribution in [2.24, 2.45) is 0 Å². The molecule has 0 aliphatic carbocycles. The quantitative estimate of drug-likeness (QED) is 0.861. The topological polar surface area (TPSA) is 43.3 Å². The lowest BCUT2D eigenvalue weighted by molar-refractivity contribution is 0.0840. The Bertz CT molecular complexity index is 362. The summed E-state index contributed by atoms with van der Waals surface area (Å²) in [6, 6.07) is 1.89.